The third-order valence-corrected chi connectivity index (χ3v) is 9.32. The van der Waals surface area contributed by atoms with Gasteiger partial charge in [0.2, 0.25) is 0 Å². The Morgan fingerprint density at radius 1 is 1.02 bits per heavy atom. The molecular formula is C34H31ClN6O3S. The molecule has 0 radical (unpaired) electrons. The second kappa shape index (κ2) is 12.3. The molecule has 5 aromatic rings. The highest BCUT2D eigenvalue weighted by Crippen LogP contribution is 2.40. The summed E-state index contributed by atoms with van der Waals surface area (Å²) in [5.41, 5.74) is 11.9. The molecule has 0 spiro atoms. The SMILES string of the molecule is Cc1sc2c(c1C)C(c1ccc(Cl)cc1)=N[C@@H](CC(=O)O[C@@H](C)c1ccc(C(=O)Nc3ccccc3N)cc1)c1nnc(C)n1-2. The Hall–Kier alpha value is -4.80. The van der Waals surface area contributed by atoms with Crippen molar-refractivity contribution in [2.75, 3.05) is 11.1 Å². The number of anilines is 2. The molecule has 2 atom stereocenters. The first-order chi connectivity index (χ1) is 21.6. The summed E-state index contributed by atoms with van der Waals surface area (Å²) < 4.78 is 7.87. The maximum absolute atomic E-state index is 13.4. The van der Waals surface area contributed by atoms with Gasteiger partial charge >= 0.3 is 5.97 Å². The van der Waals surface area contributed by atoms with Gasteiger partial charge in [0.1, 0.15) is 23.0 Å². The van der Waals surface area contributed by atoms with E-state index < -0.39 is 18.1 Å². The Kier molecular flexibility index (Phi) is 8.26. The number of nitrogens with one attached hydrogen (secondary N) is 1. The van der Waals surface area contributed by atoms with Gasteiger partial charge < -0.3 is 15.8 Å². The van der Waals surface area contributed by atoms with E-state index in [4.69, 9.17) is 27.1 Å². The Morgan fingerprint density at radius 3 is 2.44 bits per heavy atom. The van der Waals surface area contributed by atoms with E-state index in [2.05, 4.69) is 29.4 Å². The average Bonchev–Trinajstić information content (AvgIpc) is 3.50. The fraction of sp³-hybridized carbons (Fsp3) is 0.206. The largest absolute Gasteiger partial charge is 0.458 e. The minimum absolute atomic E-state index is 0.0362. The average molecular weight is 639 g/mol. The molecule has 0 unspecified atom stereocenters. The fourth-order valence-corrected chi connectivity index (χ4v) is 6.65. The summed E-state index contributed by atoms with van der Waals surface area (Å²) >= 11 is 7.86. The molecule has 11 heteroatoms. The zero-order chi connectivity index (χ0) is 31.8. The summed E-state index contributed by atoms with van der Waals surface area (Å²) in [6.07, 6.45) is -0.595. The molecule has 0 fully saturated rings. The lowest BCUT2D eigenvalue weighted by Crippen LogP contribution is -2.15. The summed E-state index contributed by atoms with van der Waals surface area (Å²) in [5, 5.41) is 13.2. The van der Waals surface area contributed by atoms with Gasteiger partial charge in [0.25, 0.3) is 5.91 Å². The molecule has 9 nitrogen and oxygen atoms in total. The van der Waals surface area contributed by atoms with E-state index in [1.54, 1.807) is 66.8 Å². The number of thiophene rings is 1. The summed E-state index contributed by atoms with van der Waals surface area (Å²) in [6.45, 7) is 7.86. The summed E-state index contributed by atoms with van der Waals surface area (Å²) in [4.78, 5) is 32.5. The monoisotopic (exact) mass is 638 g/mol. The zero-order valence-electron chi connectivity index (χ0n) is 25.2. The zero-order valence-corrected chi connectivity index (χ0v) is 26.7. The van der Waals surface area contributed by atoms with Crippen LogP contribution in [0.4, 0.5) is 11.4 Å². The van der Waals surface area contributed by atoms with Gasteiger partial charge in [0, 0.05) is 26.6 Å². The number of para-hydroxylation sites is 2. The number of nitrogens with zero attached hydrogens (tertiary/aromatic N) is 4. The summed E-state index contributed by atoms with van der Waals surface area (Å²) in [5.74, 6) is 0.576. The molecule has 1 aliphatic rings. The molecule has 2 aromatic heterocycles. The Labute approximate surface area is 269 Å². The Balaban J connectivity index is 1.23. The topological polar surface area (TPSA) is 124 Å². The van der Waals surface area contributed by atoms with Crippen LogP contribution in [0.25, 0.3) is 5.00 Å². The van der Waals surface area contributed by atoms with Gasteiger partial charge in [-0.25, -0.2) is 0 Å². The molecule has 0 aliphatic carbocycles. The van der Waals surface area contributed by atoms with Gasteiger partial charge in [-0.05, 0) is 75.2 Å². The molecule has 0 saturated heterocycles. The third kappa shape index (κ3) is 5.99. The van der Waals surface area contributed by atoms with Gasteiger partial charge in [-0.15, -0.1) is 21.5 Å². The number of aryl methyl sites for hydroxylation is 2. The minimum atomic E-state index is -0.632. The van der Waals surface area contributed by atoms with E-state index in [9.17, 15) is 9.59 Å². The number of carbonyl (C=O) groups is 2. The molecular weight excluding hydrogens is 608 g/mol. The predicted octanol–water partition coefficient (Wildman–Crippen LogP) is 7.33. The van der Waals surface area contributed by atoms with Crippen LogP contribution in [0.2, 0.25) is 5.02 Å². The minimum Gasteiger partial charge on any atom is -0.458 e. The number of hydrogen-bond donors (Lipinski definition) is 2. The number of aromatic nitrogens is 3. The van der Waals surface area contributed by atoms with Crippen molar-refractivity contribution in [1.29, 1.82) is 0 Å². The van der Waals surface area contributed by atoms with Crippen molar-refractivity contribution in [3.63, 3.8) is 0 Å². The molecule has 3 heterocycles. The van der Waals surface area contributed by atoms with Gasteiger partial charge in [0.05, 0.1) is 23.5 Å². The Morgan fingerprint density at radius 2 is 1.73 bits per heavy atom. The van der Waals surface area contributed by atoms with Crippen molar-refractivity contribution < 1.29 is 14.3 Å². The smallest absolute Gasteiger partial charge is 0.309 e. The van der Waals surface area contributed by atoms with E-state index >= 15 is 0 Å². The van der Waals surface area contributed by atoms with Gasteiger partial charge in [-0.3, -0.25) is 19.1 Å². The number of nitrogen functional groups attached to an aromatic ring is 1. The lowest BCUT2D eigenvalue weighted by atomic mass is 9.99. The molecule has 45 heavy (non-hydrogen) atoms. The number of ether oxygens (including phenoxy) is 1. The van der Waals surface area contributed by atoms with E-state index in [1.165, 1.54) is 4.88 Å². The second-order valence-corrected chi connectivity index (χ2v) is 12.5. The maximum atomic E-state index is 13.4. The number of nitrogens with two attached hydrogens (primary N) is 1. The van der Waals surface area contributed by atoms with Gasteiger partial charge in [-0.1, -0.05) is 48.0 Å². The lowest BCUT2D eigenvalue weighted by Gasteiger charge is -2.17. The summed E-state index contributed by atoms with van der Waals surface area (Å²) in [6, 6.07) is 20.9. The summed E-state index contributed by atoms with van der Waals surface area (Å²) in [7, 11) is 0. The van der Waals surface area contributed by atoms with Crippen LogP contribution in [0.5, 0.6) is 0 Å². The normalized spacial score (nSPS) is 14.5. The second-order valence-electron chi connectivity index (χ2n) is 10.9. The highest BCUT2D eigenvalue weighted by molar-refractivity contribution is 7.15. The number of aliphatic imine (C=N–C) groups is 1. The first-order valence-corrected chi connectivity index (χ1v) is 15.6. The van der Waals surface area contributed by atoms with Crippen LogP contribution in [0.1, 0.15) is 74.6 Å². The van der Waals surface area contributed by atoms with Crippen molar-refractivity contribution in [2.45, 2.75) is 46.3 Å². The third-order valence-electron chi connectivity index (χ3n) is 7.88. The van der Waals surface area contributed by atoms with Crippen molar-refractivity contribution in [3.05, 3.63) is 122 Å². The molecule has 6 rings (SSSR count). The fourth-order valence-electron chi connectivity index (χ4n) is 5.31. The van der Waals surface area contributed by atoms with E-state index in [0.29, 0.717) is 33.6 Å². The lowest BCUT2D eigenvalue weighted by molar-refractivity contribution is -0.149. The van der Waals surface area contributed by atoms with Gasteiger partial charge in [0.15, 0.2) is 5.82 Å². The predicted molar refractivity (Wildman–Crippen MR) is 178 cm³/mol. The molecule has 228 valence electrons. The molecule has 3 aromatic carbocycles. The standard InChI is InChI=1S/C34H31ClN6O3S/c1-18-20(3)45-34-30(18)31(23-13-15-25(35)16-14-23)37-28(32-40-39-21(4)41(32)34)17-29(42)44-19(2)22-9-11-24(12-10-22)33(43)38-27-8-6-5-7-26(27)36/h5-16,19,28H,17,36H2,1-4H3,(H,38,43)/t19-,28-/m0/s1. The van der Waals surface area contributed by atoms with E-state index in [-0.39, 0.29) is 12.3 Å². The number of fused-ring (bicyclic) bond motifs is 3. The van der Waals surface area contributed by atoms with Crippen molar-refractivity contribution in [2.24, 2.45) is 4.99 Å². The van der Waals surface area contributed by atoms with Crippen LogP contribution in [0.15, 0.2) is 77.8 Å². The number of esters is 1. The maximum Gasteiger partial charge on any atom is 0.309 e. The number of rotatable bonds is 7. The van der Waals surface area contributed by atoms with Crippen LogP contribution >= 0.6 is 22.9 Å². The van der Waals surface area contributed by atoms with Crippen molar-refractivity contribution in [1.82, 2.24) is 14.8 Å². The van der Waals surface area contributed by atoms with Crippen LogP contribution in [-0.4, -0.2) is 32.4 Å². The first kappa shape index (κ1) is 30.2. The van der Waals surface area contributed by atoms with Gasteiger partial charge in [-0.2, -0.15) is 0 Å². The number of benzene rings is 3. The number of carbonyl (C=O) groups excluding carboxylic acids is 2. The van der Waals surface area contributed by atoms with E-state index in [0.717, 1.165) is 33.0 Å². The highest BCUT2D eigenvalue weighted by Gasteiger charge is 2.33. The molecule has 1 amide bonds. The Bertz CT molecular complexity index is 1950. The molecule has 0 saturated carbocycles. The van der Waals surface area contributed by atoms with Crippen LogP contribution in [0, 0.1) is 20.8 Å². The molecule has 0 bridgehead atoms. The van der Waals surface area contributed by atoms with Crippen LogP contribution in [0.3, 0.4) is 0 Å². The highest BCUT2D eigenvalue weighted by atomic mass is 35.5. The number of halogens is 1. The van der Waals surface area contributed by atoms with Crippen molar-refractivity contribution in [3.8, 4) is 5.00 Å². The van der Waals surface area contributed by atoms with Crippen molar-refractivity contribution >= 4 is 51.9 Å². The molecule has 1 aliphatic heterocycles. The number of hydrogen-bond acceptors (Lipinski definition) is 8. The van der Waals surface area contributed by atoms with E-state index in [1.807, 2.05) is 35.8 Å². The van der Waals surface area contributed by atoms with Crippen LogP contribution < -0.4 is 11.1 Å². The molecule has 3 N–H and O–H groups in total. The quantitative estimate of drug-likeness (QED) is 0.142. The first-order valence-electron chi connectivity index (χ1n) is 14.4. The van der Waals surface area contributed by atoms with Crippen LogP contribution in [-0.2, 0) is 9.53 Å². The number of amides is 1.